The van der Waals surface area contributed by atoms with E-state index >= 15 is 0 Å². The Morgan fingerprint density at radius 2 is 1.19 bits per heavy atom. The number of hydrogen-bond donors (Lipinski definition) is 0. The highest BCUT2D eigenvalue weighted by atomic mass is 32.2. The van der Waals surface area contributed by atoms with Crippen molar-refractivity contribution in [1.82, 2.24) is 0 Å². The first-order chi connectivity index (χ1) is 17.3. The number of halogens is 6. The van der Waals surface area contributed by atoms with E-state index < -0.39 is 39.5 Å². The smallest absolute Gasteiger partial charge is 0.437 e. The monoisotopic (exact) mass is 552 g/mol. The zero-order valence-corrected chi connectivity index (χ0v) is 19.9. The highest BCUT2D eigenvalue weighted by Crippen LogP contribution is 2.26. The zero-order chi connectivity index (χ0) is 27.7. The van der Waals surface area contributed by atoms with Crippen molar-refractivity contribution >= 4 is 21.5 Å². The lowest BCUT2D eigenvalue weighted by Gasteiger charge is -2.12. The third kappa shape index (κ3) is 9.22. The summed E-state index contributed by atoms with van der Waals surface area (Å²) in [7, 11) is -3.61. The van der Waals surface area contributed by atoms with Gasteiger partial charge in [0.1, 0.15) is 31.8 Å². The molecular formula is C22H18F6N2O6S. The number of rotatable bonds is 10. The summed E-state index contributed by atoms with van der Waals surface area (Å²) in [5.41, 5.74) is -3.54. The number of hydrogen-bond acceptors (Lipinski definition) is 8. The van der Waals surface area contributed by atoms with Gasteiger partial charge in [0.25, 0.3) is 0 Å². The number of alkyl halides is 6. The molecule has 0 atom stereocenters. The van der Waals surface area contributed by atoms with Crippen LogP contribution in [0.5, 0.6) is 11.5 Å². The van der Waals surface area contributed by atoms with Crippen LogP contribution < -0.4 is 9.47 Å². The van der Waals surface area contributed by atoms with Gasteiger partial charge in [-0.05, 0) is 55.5 Å². The van der Waals surface area contributed by atoms with E-state index in [1.807, 2.05) is 5.92 Å². The molecule has 0 aliphatic carbocycles. The van der Waals surface area contributed by atoms with Gasteiger partial charge in [-0.2, -0.15) is 34.8 Å². The van der Waals surface area contributed by atoms with E-state index in [9.17, 15) is 34.8 Å². The Morgan fingerprint density at radius 1 is 0.784 bits per heavy atom. The summed E-state index contributed by atoms with van der Waals surface area (Å²) in [6, 6.07) is 9.19. The molecule has 0 bridgehead atoms. The first-order valence-electron chi connectivity index (χ1n) is 9.94. The Labute approximate surface area is 207 Å². The number of ether oxygens (including phenoxy) is 2. The molecule has 0 aliphatic rings. The molecule has 200 valence electrons. The minimum Gasteiger partial charge on any atom is -0.490 e. The molecule has 2 aromatic carbocycles. The molecule has 0 radical (unpaired) electrons. The van der Waals surface area contributed by atoms with Crippen LogP contribution in [0.2, 0.25) is 0 Å². The van der Waals surface area contributed by atoms with Crippen LogP contribution in [0.3, 0.4) is 0 Å². The fourth-order valence-electron chi connectivity index (χ4n) is 2.59. The van der Waals surface area contributed by atoms with E-state index in [0.29, 0.717) is 0 Å². The van der Waals surface area contributed by atoms with Crippen LogP contribution in [0.1, 0.15) is 18.1 Å². The first kappa shape index (κ1) is 29.3. The number of nitrogens with zero attached hydrogens (tertiary/aromatic N) is 2. The maximum absolute atomic E-state index is 13.3. The standard InChI is InChI=1S/C22H18F6N2O6S/c1-3-14-37(31,32)36-30-20(22(26,27)28)16-6-10-18(11-7-16)35-13-12-34-17-8-4-15(5-9-17)19(29-33-2)21(23,24)25/h4-11H,12-13H2,1-2H3/b29-19-,30-20-. The fraction of sp³-hybridized carbons (Fsp3) is 0.273. The van der Waals surface area contributed by atoms with Crippen LogP contribution in [-0.4, -0.2) is 52.5 Å². The van der Waals surface area contributed by atoms with Gasteiger partial charge in [-0.25, -0.2) is 0 Å². The van der Waals surface area contributed by atoms with Crippen molar-refractivity contribution < 1.29 is 53.4 Å². The van der Waals surface area contributed by atoms with E-state index in [0.717, 1.165) is 38.3 Å². The maximum atomic E-state index is 13.3. The average Bonchev–Trinajstić information content (AvgIpc) is 2.80. The molecule has 0 fully saturated rings. The molecule has 0 heterocycles. The van der Waals surface area contributed by atoms with Crippen molar-refractivity contribution in [3.8, 4) is 22.7 Å². The predicted molar refractivity (Wildman–Crippen MR) is 120 cm³/mol. The summed E-state index contributed by atoms with van der Waals surface area (Å²) in [6.07, 6.45) is -9.75. The van der Waals surface area contributed by atoms with Crippen LogP contribution >= 0.6 is 0 Å². The molecule has 2 aromatic rings. The lowest BCUT2D eigenvalue weighted by Crippen LogP contribution is -2.24. The van der Waals surface area contributed by atoms with Gasteiger partial charge in [-0.1, -0.05) is 16.2 Å². The summed E-state index contributed by atoms with van der Waals surface area (Å²) in [4.78, 5) is 4.23. The van der Waals surface area contributed by atoms with Crippen LogP contribution in [0.4, 0.5) is 26.3 Å². The molecule has 0 spiro atoms. The molecule has 0 saturated heterocycles. The molecule has 2 rings (SSSR count). The second kappa shape index (κ2) is 12.3. The van der Waals surface area contributed by atoms with Gasteiger partial charge in [0.2, 0.25) is 0 Å². The normalized spacial score (nSPS) is 12.9. The molecular weight excluding hydrogens is 534 g/mol. The maximum Gasteiger partial charge on any atom is 0.437 e. The largest absolute Gasteiger partial charge is 0.490 e. The number of oxime groups is 2. The van der Waals surface area contributed by atoms with Crippen LogP contribution in [0.15, 0.2) is 58.8 Å². The van der Waals surface area contributed by atoms with Gasteiger partial charge >= 0.3 is 22.5 Å². The van der Waals surface area contributed by atoms with Crippen LogP contribution in [0.25, 0.3) is 0 Å². The second-order valence-corrected chi connectivity index (χ2v) is 7.95. The lowest BCUT2D eigenvalue weighted by atomic mass is 10.1. The van der Waals surface area contributed by atoms with Gasteiger partial charge in [0.05, 0.1) is 5.25 Å². The first-order valence-corrected chi connectivity index (χ1v) is 11.3. The van der Waals surface area contributed by atoms with Crippen molar-refractivity contribution in [3.63, 3.8) is 0 Å². The van der Waals surface area contributed by atoms with Crippen molar-refractivity contribution in [2.45, 2.75) is 19.3 Å². The van der Waals surface area contributed by atoms with Crippen molar-refractivity contribution in [3.05, 3.63) is 59.7 Å². The lowest BCUT2D eigenvalue weighted by molar-refractivity contribution is -0.0613. The van der Waals surface area contributed by atoms with E-state index in [1.165, 1.54) is 24.3 Å². The summed E-state index contributed by atoms with van der Waals surface area (Å²) in [5, 5.41) is 7.27. The van der Waals surface area contributed by atoms with Gasteiger partial charge < -0.3 is 14.3 Å². The Morgan fingerprint density at radius 3 is 1.54 bits per heavy atom. The molecule has 0 amide bonds. The average molecular weight is 552 g/mol. The van der Waals surface area contributed by atoms with E-state index in [4.69, 9.17) is 9.47 Å². The van der Waals surface area contributed by atoms with Crippen molar-refractivity contribution in [2.24, 2.45) is 10.3 Å². The highest BCUT2D eigenvalue weighted by molar-refractivity contribution is 7.91. The minimum absolute atomic E-state index is 0.0428. The molecule has 0 saturated carbocycles. The predicted octanol–water partition coefficient (Wildman–Crippen LogP) is 4.65. The van der Waals surface area contributed by atoms with Crippen molar-refractivity contribution in [2.75, 3.05) is 20.3 Å². The van der Waals surface area contributed by atoms with Gasteiger partial charge in [-0.3, -0.25) is 4.28 Å². The van der Waals surface area contributed by atoms with E-state index in [2.05, 4.69) is 19.4 Å². The van der Waals surface area contributed by atoms with Crippen LogP contribution in [0, 0.1) is 11.2 Å². The third-order valence-corrected chi connectivity index (χ3v) is 4.77. The molecule has 0 aliphatic heterocycles. The highest BCUT2D eigenvalue weighted by Gasteiger charge is 2.39. The molecule has 37 heavy (non-hydrogen) atoms. The van der Waals surface area contributed by atoms with Gasteiger partial charge in [0.15, 0.2) is 11.4 Å². The Bertz CT molecular complexity index is 1280. The van der Waals surface area contributed by atoms with E-state index in [1.54, 1.807) is 5.25 Å². The zero-order valence-electron chi connectivity index (χ0n) is 19.1. The molecule has 8 nitrogen and oxygen atoms in total. The third-order valence-electron chi connectivity index (χ3n) is 4.05. The molecule has 0 N–H and O–H groups in total. The number of benzene rings is 2. The molecule has 0 unspecified atom stereocenters. The summed E-state index contributed by atoms with van der Waals surface area (Å²) in [6.45, 7) is 1.05. The Balaban J connectivity index is 1.97. The quantitative estimate of drug-likeness (QED) is 0.140. The minimum atomic E-state index is -5.03. The Hall–Kier alpha value is -3.93. The van der Waals surface area contributed by atoms with Crippen molar-refractivity contribution in [1.29, 1.82) is 0 Å². The molecule has 0 aromatic heterocycles. The van der Waals surface area contributed by atoms with Gasteiger partial charge in [-0.15, -0.1) is 0 Å². The van der Waals surface area contributed by atoms with Crippen LogP contribution in [-0.2, 0) is 19.2 Å². The second-order valence-electron chi connectivity index (χ2n) is 6.68. The summed E-state index contributed by atoms with van der Waals surface area (Å²) >= 11 is 0. The topological polar surface area (TPSA) is 95.8 Å². The summed E-state index contributed by atoms with van der Waals surface area (Å²) < 4.78 is 116. The molecule has 15 heteroatoms. The van der Waals surface area contributed by atoms with Gasteiger partial charge in [0, 0.05) is 11.1 Å². The summed E-state index contributed by atoms with van der Waals surface area (Å²) in [5.74, 6) is 2.36. The Kier molecular flexibility index (Phi) is 9.78. The fourth-order valence-corrected chi connectivity index (χ4v) is 3.05. The SMILES string of the molecule is CC#CS(=O)(=O)O/N=C(/c1ccc(OCCOc2ccc(/C(=N/OC)C(F)(F)F)cc2)cc1)C(F)(F)F. The van der Waals surface area contributed by atoms with E-state index in [-0.39, 0.29) is 30.3 Å².